The zero-order valence-electron chi connectivity index (χ0n) is 19.3. The van der Waals surface area contributed by atoms with E-state index in [9.17, 15) is 19.5 Å². The number of amides is 1. The molecular formula is C22H32I2N2O6. The van der Waals surface area contributed by atoms with Gasteiger partial charge in [0.1, 0.15) is 23.0 Å². The highest BCUT2D eigenvalue weighted by Crippen LogP contribution is 2.28. The molecule has 1 rings (SSSR count). The molecule has 0 aromatic heterocycles. The molecule has 8 nitrogen and oxygen atoms in total. The van der Waals surface area contributed by atoms with Crippen LogP contribution in [0, 0.1) is 7.14 Å². The molecule has 1 aromatic rings. The van der Waals surface area contributed by atoms with E-state index in [1.807, 2.05) is 45.2 Å². The summed E-state index contributed by atoms with van der Waals surface area (Å²) in [6.07, 6.45) is 0.222. The van der Waals surface area contributed by atoms with Gasteiger partial charge >= 0.3 is 11.9 Å². The third-order valence-electron chi connectivity index (χ3n) is 3.94. The number of hydrogen-bond donors (Lipinski definition) is 3. The highest BCUT2D eigenvalue weighted by Gasteiger charge is 2.29. The van der Waals surface area contributed by atoms with Crippen LogP contribution in [-0.2, 0) is 30.3 Å². The van der Waals surface area contributed by atoms with Gasteiger partial charge < -0.3 is 25.6 Å². The van der Waals surface area contributed by atoms with E-state index in [4.69, 9.17) is 15.2 Å². The Bertz CT molecular complexity index is 823. The number of benzene rings is 1. The largest absolute Gasteiger partial charge is 0.506 e. The van der Waals surface area contributed by atoms with Gasteiger partial charge in [-0.15, -0.1) is 0 Å². The van der Waals surface area contributed by atoms with Crippen LogP contribution >= 0.6 is 45.2 Å². The van der Waals surface area contributed by atoms with E-state index in [1.54, 1.807) is 53.7 Å². The van der Waals surface area contributed by atoms with Gasteiger partial charge in [-0.1, -0.05) is 0 Å². The average Bonchev–Trinajstić information content (AvgIpc) is 2.60. The van der Waals surface area contributed by atoms with Crippen molar-refractivity contribution < 1.29 is 29.0 Å². The monoisotopic (exact) mass is 674 g/mol. The van der Waals surface area contributed by atoms with Crippen LogP contribution in [0.15, 0.2) is 12.1 Å². The lowest BCUT2D eigenvalue weighted by Crippen LogP contribution is -2.51. The summed E-state index contributed by atoms with van der Waals surface area (Å²) >= 11 is 4.00. The fourth-order valence-corrected chi connectivity index (χ4v) is 4.51. The molecule has 0 bridgehead atoms. The van der Waals surface area contributed by atoms with Gasteiger partial charge in [0, 0.05) is 12.8 Å². The van der Waals surface area contributed by atoms with Crippen molar-refractivity contribution in [2.45, 2.75) is 84.1 Å². The fourth-order valence-electron chi connectivity index (χ4n) is 2.61. The number of hydrogen-bond acceptors (Lipinski definition) is 7. The van der Waals surface area contributed by atoms with Crippen LogP contribution in [0.1, 0.15) is 59.9 Å². The molecule has 180 valence electrons. The average molecular weight is 674 g/mol. The van der Waals surface area contributed by atoms with Gasteiger partial charge in [-0.05, 0) is 111 Å². The Morgan fingerprint density at radius 3 is 2.00 bits per heavy atom. The third kappa shape index (κ3) is 10.6. The summed E-state index contributed by atoms with van der Waals surface area (Å²) < 4.78 is 12.0. The minimum Gasteiger partial charge on any atom is -0.506 e. The maximum Gasteiger partial charge on any atom is 0.329 e. The molecule has 1 aromatic carbocycles. The molecule has 0 heterocycles. The first-order chi connectivity index (χ1) is 14.5. The molecule has 2 atom stereocenters. The molecule has 0 fully saturated rings. The lowest BCUT2D eigenvalue weighted by Gasteiger charge is -2.26. The molecular weight excluding hydrogens is 642 g/mol. The first-order valence-corrected chi connectivity index (χ1v) is 12.3. The van der Waals surface area contributed by atoms with E-state index >= 15 is 0 Å². The quantitative estimate of drug-likeness (QED) is 0.285. The van der Waals surface area contributed by atoms with Crippen LogP contribution < -0.4 is 11.1 Å². The number of ether oxygens (including phenoxy) is 2. The summed E-state index contributed by atoms with van der Waals surface area (Å²) in [6, 6.07) is 1.51. The maximum absolute atomic E-state index is 12.8. The number of halogens is 2. The molecule has 0 saturated carbocycles. The Labute approximate surface area is 216 Å². The van der Waals surface area contributed by atoms with Gasteiger partial charge in [-0.25, -0.2) is 4.79 Å². The smallest absolute Gasteiger partial charge is 0.329 e. The van der Waals surface area contributed by atoms with Crippen molar-refractivity contribution in [3.05, 3.63) is 24.8 Å². The minimum absolute atomic E-state index is 0.0166. The molecule has 4 N–H and O–H groups in total. The second-order valence-electron chi connectivity index (χ2n) is 9.44. The molecule has 0 radical (unpaired) electrons. The van der Waals surface area contributed by atoms with Crippen molar-refractivity contribution in [2.24, 2.45) is 5.73 Å². The molecule has 1 amide bonds. The number of nitrogens with two attached hydrogens (primary N) is 1. The Morgan fingerprint density at radius 2 is 1.53 bits per heavy atom. The topological polar surface area (TPSA) is 128 Å². The van der Waals surface area contributed by atoms with E-state index in [2.05, 4.69) is 5.32 Å². The van der Waals surface area contributed by atoms with E-state index < -0.39 is 41.1 Å². The number of phenols is 1. The summed E-state index contributed by atoms with van der Waals surface area (Å²) in [5.41, 5.74) is 5.34. The summed E-state index contributed by atoms with van der Waals surface area (Å²) in [7, 11) is 0. The van der Waals surface area contributed by atoms with Crippen LogP contribution in [0.3, 0.4) is 0 Å². The van der Waals surface area contributed by atoms with Gasteiger partial charge in [0.2, 0.25) is 5.91 Å². The van der Waals surface area contributed by atoms with Crippen LogP contribution in [-0.4, -0.2) is 46.2 Å². The van der Waals surface area contributed by atoms with E-state index in [1.165, 1.54) is 0 Å². The molecule has 0 aliphatic heterocycles. The lowest BCUT2D eigenvalue weighted by atomic mass is 10.0. The number of phenolic OH excluding ortho intramolecular Hbond substituents is 1. The predicted octanol–water partition coefficient (Wildman–Crippen LogP) is 3.42. The summed E-state index contributed by atoms with van der Waals surface area (Å²) in [5.74, 6) is -1.44. The summed E-state index contributed by atoms with van der Waals surface area (Å²) in [6.45, 7) is 10.5. The van der Waals surface area contributed by atoms with E-state index in [0.29, 0.717) is 7.14 Å². The number of aromatic hydroxyl groups is 1. The van der Waals surface area contributed by atoms with E-state index in [-0.39, 0.29) is 25.0 Å². The second-order valence-corrected chi connectivity index (χ2v) is 11.8. The first kappa shape index (κ1) is 28.9. The maximum atomic E-state index is 12.8. The number of carbonyl (C=O) groups is 3. The highest BCUT2D eigenvalue weighted by atomic mass is 127. The number of carbonyl (C=O) groups excluding carboxylic acids is 3. The molecule has 10 heteroatoms. The predicted molar refractivity (Wildman–Crippen MR) is 138 cm³/mol. The van der Waals surface area contributed by atoms with Crippen molar-refractivity contribution in [3.63, 3.8) is 0 Å². The Balaban J connectivity index is 2.92. The molecule has 0 saturated heterocycles. The van der Waals surface area contributed by atoms with Gasteiger partial charge in [-0.3, -0.25) is 9.59 Å². The van der Waals surface area contributed by atoms with Gasteiger partial charge in [-0.2, -0.15) is 0 Å². The van der Waals surface area contributed by atoms with Crippen molar-refractivity contribution in [1.82, 2.24) is 5.32 Å². The van der Waals surface area contributed by atoms with Crippen LogP contribution in [0.2, 0.25) is 0 Å². The lowest BCUT2D eigenvalue weighted by molar-refractivity contribution is -0.159. The van der Waals surface area contributed by atoms with Gasteiger partial charge in [0.05, 0.1) is 13.2 Å². The van der Waals surface area contributed by atoms with Crippen molar-refractivity contribution in [1.29, 1.82) is 0 Å². The van der Waals surface area contributed by atoms with Crippen LogP contribution in [0.4, 0.5) is 0 Å². The van der Waals surface area contributed by atoms with Crippen LogP contribution in [0.5, 0.6) is 5.75 Å². The van der Waals surface area contributed by atoms with Crippen molar-refractivity contribution in [3.8, 4) is 5.75 Å². The number of esters is 2. The Morgan fingerprint density at radius 1 is 1.03 bits per heavy atom. The number of nitrogens with one attached hydrogen (secondary N) is 1. The summed E-state index contributed by atoms with van der Waals surface area (Å²) in [5, 5.41) is 12.6. The van der Waals surface area contributed by atoms with E-state index in [0.717, 1.165) is 5.56 Å². The fraction of sp³-hybridized carbons (Fsp3) is 0.591. The zero-order chi connectivity index (χ0) is 24.9. The van der Waals surface area contributed by atoms with Gasteiger partial charge in [0.15, 0.2) is 0 Å². The Hall–Kier alpha value is -1.15. The van der Waals surface area contributed by atoms with Crippen molar-refractivity contribution >= 4 is 63.0 Å². The number of rotatable bonds is 8. The summed E-state index contributed by atoms with van der Waals surface area (Å²) in [4.78, 5) is 37.3. The zero-order valence-corrected chi connectivity index (χ0v) is 23.6. The Kier molecular flexibility index (Phi) is 10.7. The normalized spacial score (nSPS) is 13.8. The molecule has 0 spiro atoms. The highest BCUT2D eigenvalue weighted by molar-refractivity contribution is 14.1. The minimum atomic E-state index is -0.993. The molecule has 32 heavy (non-hydrogen) atoms. The SMILES string of the molecule is CC(C)(C)OC(=O)CC[C@H](N)C(=O)N[C@@H](Cc1cc(I)c(O)c(I)c1)C(=O)OC(C)(C)C. The first-order valence-electron chi connectivity index (χ1n) is 10.2. The third-order valence-corrected chi connectivity index (χ3v) is 5.59. The standard InChI is InChI=1S/C22H32I2N2O6/c1-21(2,3)31-17(27)8-7-15(25)19(29)26-16(20(30)32-22(4,5)6)11-12-9-13(23)18(28)14(24)10-12/h9-10,15-16,28H,7-8,11,25H2,1-6H3,(H,26,29)/t15-,16-/m0/s1. The van der Waals surface area contributed by atoms with Crippen molar-refractivity contribution in [2.75, 3.05) is 0 Å². The molecule has 0 aliphatic carbocycles. The molecule has 0 aliphatic rings. The molecule has 0 unspecified atom stereocenters. The van der Waals surface area contributed by atoms with Crippen LogP contribution in [0.25, 0.3) is 0 Å². The second kappa shape index (κ2) is 11.8. The van der Waals surface area contributed by atoms with Gasteiger partial charge in [0.25, 0.3) is 0 Å².